The first-order chi connectivity index (χ1) is 22.6. The molecule has 3 aliphatic rings. The van der Waals surface area contributed by atoms with Crippen LogP contribution in [0.15, 0.2) is 122 Å². The van der Waals surface area contributed by atoms with E-state index in [0.29, 0.717) is 0 Å². The predicted octanol–water partition coefficient (Wildman–Crippen LogP) is 11.9. The van der Waals surface area contributed by atoms with Gasteiger partial charge in [0.1, 0.15) is 0 Å². The Bertz CT molecular complexity index is 2200. The number of nitrogens with zero attached hydrogens (tertiary/aromatic N) is 2. The van der Waals surface area contributed by atoms with Gasteiger partial charge in [0.15, 0.2) is 34.5 Å². The fourth-order valence-electron chi connectivity index (χ4n) is 6.63. The van der Waals surface area contributed by atoms with Gasteiger partial charge in [0.05, 0.1) is 45.5 Å². The summed E-state index contributed by atoms with van der Waals surface area (Å²) < 4.78 is 19.5. The third-order valence-electron chi connectivity index (χ3n) is 8.80. The van der Waals surface area contributed by atoms with Crippen LogP contribution in [0, 0.1) is 13.8 Å². The summed E-state index contributed by atoms with van der Waals surface area (Å²) in [7, 11) is 0. The Morgan fingerprint density at radius 3 is 1.83 bits per heavy atom. The normalized spacial score (nSPS) is 13.3. The molecule has 0 aromatic heterocycles. The van der Waals surface area contributed by atoms with Crippen molar-refractivity contribution in [3.63, 3.8) is 0 Å². The van der Waals surface area contributed by atoms with E-state index in [1.54, 1.807) is 0 Å². The van der Waals surface area contributed by atoms with Crippen molar-refractivity contribution in [2.45, 2.75) is 13.8 Å². The van der Waals surface area contributed by atoms with Crippen LogP contribution in [0.2, 0.25) is 0 Å². The summed E-state index contributed by atoms with van der Waals surface area (Å²) in [6.07, 6.45) is 1.87. The molecule has 0 bridgehead atoms. The van der Waals surface area contributed by atoms with E-state index in [4.69, 9.17) is 14.2 Å². The molecule has 46 heavy (non-hydrogen) atoms. The van der Waals surface area contributed by atoms with Gasteiger partial charge in [-0.15, -0.1) is 0 Å². The van der Waals surface area contributed by atoms with Gasteiger partial charge in [-0.3, -0.25) is 0 Å². The number of fused-ring (bicyclic) bond motifs is 6. The summed E-state index contributed by atoms with van der Waals surface area (Å²) in [5.74, 6) is 4.73. The van der Waals surface area contributed by atoms with Crippen LogP contribution in [-0.4, -0.2) is 0 Å². The molecule has 222 valence electrons. The molecule has 0 saturated heterocycles. The largest absolute Gasteiger partial charge is 0.453 e. The number of ether oxygens (including phenoxy) is 3. The Morgan fingerprint density at radius 1 is 0.565 bits per heavy atom. The standard InChI is InChI=1S/C40H29N3O3/c1-4-26-22-27(42-30-11-5-8-14-34(30)44-35-15-9-6-12-31(35)42)23-38-39(26)41-28-18-20-29(25(3)40(28)46-38)43-32-13-7-10-16-36(32)45-37-21-24(2)17-19-33(37)43/h4-23,41H,1H2,2-3H3. The lowest BCUT2D eigenvalue weighted by atomic mass is 10.0. The molecule has 6 aromatic carbocycles. The van der Waals surface area contributed by atoms with Crippen LogP contribution in [0.3, 0.4) is 0 Å². The van der Waals surface area contributed by atoms with Crippen molar-refractivity contribution in [2.75, 3.05) is 15.1 Å². The van der Waals surface area contributed by atoms with Crippen molar-refractivity contribution in [1.29, 1.82) is 0 Å². The average molecular weight is 600 g/mol. The Labute approximate surface area is 267 Å². The van der Waals surface area contributed by atoms with Gasteiger partial charge < -0.3 is 29.3 Å². The molecule has 0 unspecified atom stereocenters. The second-order valence-corrected chi connectivity index (χ2v) is 11.7. The van der Waals surface area contributed by atoms with Crippen LogP contribution in [0.1, 0.15) is 16.7 Å². The van der Waals surface area contributed by atoms with Crippen LogP contribution in [0.4, 0.5) is 45.5 Å². The number of hydrogen-bond donors (Lipinski definition) is 1. The molecular formula is C40H29N3O3. The lowest BCUT2D eigenvalue weighted by Gasteiger charge is -2.36. The Hall–Kier alpha value is -6.14. The number of nitrogens with one attached hydrogen (secondary N) is 1. The zero-order valence-corrected chi connectivity index (χ0v) is 25.4. The second kappa shape index (κ2) is 9.94. The van der Waals surface area contributed by atoms with Crippen molar-refractivity contribution < 1.29 is 14.2 Å². The van der Waals surface area contributed by atoms with E-state index < -0.39 is 0 Å². The number of aryl methyl sites for hydroxylation is 1. The highest BCUT2D eigenvalue weighted by Gasteiger charge is 2.31. The average Bonchev–Trinajstić information content (AvgIpc) is 3.09. The zero-order valence-electron chi connectivity index (χ0n) is 25.4. The van der Waals surface area contributed by atoms with E-state index >= 15 is 0 Å². The summed E-state index contributed by atoms with van der Waals surface area (Å²) in [6, 6.07) is 39.1. The van der Waals surface area contributed by atoms with Crippen LogP contribution in [-0.2, 0) is 0 Å². The van der Waals surface area contributed by atoms with E-state index in [9.17, 15) is 0 Å². The summed E-state index contributed by atoms with van der Waals surface area (Å²) in [4.78, 5) is 4.47. The maximum Gasteiger partial charge on any atom is 0.155 e. The number of benzene rings is 6. The van der Waals surface area contributed by atoms with Crippen molar-refractivity contribution >= 4 is 51.6 Å². The molecule has 0 radical (unpaired) electrons. The molecule has 0 spiro atoms. The molecule has 9 rings (SSSR count). The zero-order chi connectivity index (χ0) is 30.9. The van der Waals surface area contributed by atoms with Gasteiger partial charge in [-0.25, -0.2) is 0 Å². The summed E-state index contributed by atoms with van der Waals surface area (Å²) >= 11 is 0. The van der Waals surface area contributed by atoms with Gasteiger partial charge in [-0.1, -0.05) is 55.1 Å². The van der Waals surface area contributed by atoms with Crippen molar-refractivity contribution in [1.82, 2.24) is 0 Å². The molecule has 0 aliphatic carbocycles. The van der Waals surface area contributed by atoms with Gasteiger partial charge in [0, 0.05) is 17.2 Å². The van der Waals surface area contributed by atoms with Crippen LogP contribution >= 0.6 is 0 Å². The van der Waals surface area contributed by atoms with Crippen molar-refractivity contribution in [3.8, 4) is 34.5 Å². The number of rotatable bonds is 3. The topological polar surface area (TPSA) is 46.2 Å². The summed E-state index contributed by atoms with van der Waals surface area (Å²) in [6.45, 7) is 8.34. The van der Waals surface area contributed by atoms with Crippen LogP contribution in [0.25, 0.3) is 6.08 Å². The monoisotopic (exact) mass is 599 g/mol. The van der Waals surface area contributed by atoms with Gasteiger partial charge in [-0.2, -0.15) is 0 Å². The quantitative estimate of drug-likeness (QED) is 0.218. The second-order valence-electron chi connectivity index (χ2n) is 11.7. The molecule has 0 saturated carbocycles. The van der Waals surface area contributed by atoms with E-state index in [-0.39, 0.29) is 0 Å². The molecule has 6 aromatic rings. The first-order valence-corrected chi connectivity index (χ1v) is 15.3. The number of anilines is 8. The van der Waals surface area contributed by atoms with Crippen molar-refractivity contribution in [3.05, 3.63) is 139 Å². The molecule has 6 nitrogen and oxygen atoms in total. The maximum absolute atomic E-state index is 6.86. The molecule has 0 atom stereocenters. The van der Waals surface area contributed by atoms with Crippen LogP contribution in [0.5, 0.6) is 34.5 Å². The van der Waals surface area contributed by atoms with E-state index in [1.807, 2.05) is 60.7 Å². The molecule has 0 amide bonds. The number of hydrogen-bond acceptors (Lipinski definition) is 6. The highest BCUT2D eigenvalue weighted by molar-refractivity contribution is 5.94. The van der Waals surface area contributed by atoms with Gasteiger partial charge in [-0.05, 0) is 86.1 Å². The van der Waals surface area contributed by atoms with E-state index in [2.05, 4.69) is 96.2 Å². The maximum atomic E-state index is 6.86. The SMILES string of the molecule is C=Cc1cc(N2c3ccccc3Oc3ccccc32)cc2c1Nc1ccc(N3c4ccccc4Oc4cc(C)ccc43)c(C)c1O2. The Kier molecular flexibility index (Phi) is 5.68. The first-order valence-electron chi connectivity index (χ1n) is 15.3. The molecule has 3 aliphatic heterocycles. The summed E-state index contributed by atoms with van der Waals surface area (Å²) in [5, 5.41) is 3.66. The Morgan fingerprint density at radius 2 is 1.15 bits per heavy atom. The molecule has 3 heterocycles. The highest BCUT2D eigenvalue weighted by atomic mass is 16.5. The fraction of sp³-hybridized carbons (Fsp3) is 0.0500. The minimum Gasteiger partial charge on any atom is -0.453 e. The van der Waals surface area contributed by atoms with Crippen molar-refractivity contribution in [2.24, 2.45) is 0 Å². The molecular weight excluding hydrogens is 570 g/mol. The third-order valence-corrected chi connectivity index (χ3v) is 8.80. The first kappa shape index (κ1) is 26.3. The van der Waals surface area contributed by atoms with E-state index in [0.717, 1.165) is 96.7 Å². The smallest absolute Gasteiger partial charge is 0.155 e. The highest BCUT2D eigenvalue weighted by Crippen LogP contribution is 2.56. The number of para-hydroxylation sites is 6. The lowest BCUT2D eigenvalue weighted by Crippen LogP contribution is -2.18. The lowest BCUT2D eigenvalue weighted by molar-refractivity contribution is 0.473. The summed E-state index contributed by atoms with van der Waals surface area (Å²) in [5.41, 5.74) is 10.7. The predicted molar refractivity (Wildman–Crippen MR) is 185 cm³/mol. The molecule has 0 fully saturated rings. The third kappa shape index (κ3) is 3.90. The van der Waals surface area contributed by atoms with Crippen LogP contribution < -0.4 is 29.3 Å². The fourth-order valence-corrected chi connectivity index (χ4v) is 6.63. The van der Waals surface area contributed by atoms with Gasteiger partial charge in [0.2, 0.25) is 0 Å². The Balaban J connectivity index is 1.18. The minimum absolute atomic E-state index is 0.722. The van der Waals surface area contributed by atoms with E-state index in [1.165, 1.54) is 0 Å². The molecule has 6 heteroatoms. The van der Waals surface area contributed by atoms with Gasteiger partial charge >= 0.3 is 0 Å². The minimum atomic E-state index is 0.722. The molecule has 1 N–H and O–H groups in total. The van der Waals surface area contributed by atoms with Gasteiger partial charge in [0.25, 0.3) is 0 Å².